The van der Waals surface area contributed by atoms with Gasteiger partial charge in [0.1, 0.15) is 0 Å². The summed E-state index contributed by atoms with van der Waals surface area (Å²) in [4.78, 5) is 23.9. The van der Waals surface area contributed by atoms with E-state index in [4.69, 9.17) is 5.11 Å². The molecular weight excluding hydrogens is 218 g/mol. The molecule has 0 aromatic heterocycles. The van der Waals surface area contributed by atoms with Gasteiger partial charge in [-0.15, -0.1) is 0 Å². The number of rotatable bonds is 5. The first-order valence-corrected chi connectivity index (χ1v) is 5.93. The molecule has 0 aromatic rings. The van der Waals surface area contributed by atoms with Crippen LogP contribution in [0.15, 0.2) is 24.3 Å². The highest BCUT2D eigenvalue weighted by Crippen LogP contribution is 2.21. The summed E-state index contributed by atoms with van der Waals surface area (Å²) in [7, 11) is 0. The summed E-state index contributed by atoms with van der Waals surface area (Å²) in [5, 5.41) is 8.59. The molecule has 0 spiro atoms. The van der Waals surface area contributed by atoms with Gasteiger partial charge in [0.05, 0.1) is 0 Å². The van der Waals surface area contributed by atoms with Crippen molar-refractivity contribution in [2.45, 2.75) is 26.2 Å². The molecule has 1 aliphatic heterocycles. The first-order chi connectivity index (χ1) is 8.13. The number of nitrogens with zero attached hydrogens (tertiary/aromatic N) is 1. The number of aliphatic carboxylic acids is 1. The molecule has 1 rings (SSSR count). The number of likely N-dealkylation sites (tertiary alicyclic amines) is 1. The molecule has 1 atom stereocenters. The Morgan fingerprint density at radius 1 is 1.41 bits per heavy atom. The standard InChI is InChI=1S/C13H19NO3/c1-2-3-4-5-12(15)14-9-8-11(10-14)6-7-13(16)17/h2-5,11H,6-10H2,1H3,(H,16,17)/b3-2+,5-4?. The van der Waals surface area contributed by atoms with Crippen LogP contribution in [0.1, 0.15) is 26.2 Å². The lowest BCUT2D eigenvalue weighted by Gasteiger charge is -2.13. The Balaban J connectivity index is 2.34. The Morgan fingerprint density at radius 2 is 2.18 bits per heavy atom. The first kappa shape index (κ1) is 13.5. The lowest BCUT2D eigenvalue weighted by molar-refractivity contribution is -0.137. The number of carboxylic acids is 1. The number of allylic oxidation sites excluding steroid dienone is 3. The summed E-state index contributed by atoms with van der Waals surface area (Å²) in [6.07, 6.45) is 8.74. The highest BCUT2D eigenvalue weighted by Gasteiger charge is 2.24. The Labute approximate surface area is 102 Å². The molecule has 1 heterocycles. The normalized spacial score (nSPS) is 20.5. The Hall–Kier alpha value is -1.58. The minimum absolute atomic E-state index is 0.0147. The minimum Gasteiger partial charge on any atom is -0.481 e. The summed E-state index contributed by atoms with van der Waals surface area (Å²) in [6.45, 7) is 3.32. The molecule has 0 aliphatic carbocycles. The van der Waals surface area contributed by atoms with Gasteiger partial charge in [-0.2, -0.15) is 0 Å². The van der Waals surface area contributed by atoms with Crippen LogP contribution < -0.4 is 0 Å². The smallest absolute Gasteiger partial charge is 0.303 e. The van der Waals surface area contributed by atoms with Crippen molar-refractivity contribution in [3.63, 3.8) is 0 Å². The van der Waals surface area contributed by atoms with Gasteiger partial charge in [-0.05, 0) is 25.7 Å². The molecule has 4 heteroatoms. The molecule has 1 fully saturated rings. The van der Waals surface area contributed by atoms with E-state index in [2.05, 4.69) is 0 Å². The predicted molar refractivity (Wildman–Crippen MR) is 65.5 cm³/mol. The molecule has 1 unspecified atom stereocenters. The zero-order valence-electron chi connectivity index (χ0n) is 10.1. The maximum Gasteiger partial charge on any atom is 0.303 e. The van der Waals surface area contributed by atoms with E-state index in [0.717, 1.165) is 13.0 Å². The second kappa shape index (κ2) is 6.89. The molecule has 1 N–H and O–H groups in total. The van der Waals surface area contributed by atoms with Crippen LogP contribution in [0.5, 0.6) is 0 Å². The average molecular weight is 237 g/mol. The van der Waals surface area contributed by atoms with Gasteiger partial charge < -0.3 is 10.0 Å². The third-order valence-corrected chi connectivity index (χ3v) is 2.91. The van der Waals surface area contributed by atoms with E-state index in [1.165, 1.54) is 0 Å². The van der Waals surface area contributed by atoms with Crippen molar-refractivity contribution in [2.24, 2.45) is 5.92 Å². The fraction of sp³-hybridized carbons (Fsp3) is 0.538. The monoisotopic (exact) mass is 237 g/mol. The van der Waals surface area contributed by atoms with Gasteiger partial charge in [0.2, 0.25) is 5.91 Å². The number of carbonyl (C=O) groups is 2. The molecule has 1 amide bonds. The Morgan fingerprint density at radius 3 is 2.82 bits per heavy atom. The zero-order chi connectivity index (χ0) is 12.7. The van der Waals surface area contributed by atoms with E-state index >= 15 is 0 Å². The maximum atomic E-state index is 11.7. The van der Waals surface area contributed by atoms with E-state index in [9.17, 15) is 9.59 Å². The summed E-state index contributed by atoms with van der Waals surface area (Å²) < 4.78 is 0. The molecule has 0 bridgehead atoms. The van der Waals surface area contributed by atoms with Gasteiger partial charge in [-0.3, -0.25) is 9.59 Å². The van der Waals surface area contributed by atoms with Crippen LogP contribution in [0.25, 0.3) is 0 Å². The van der Waals surface area contributed by atoms with Gasteiger partial charge in [0, 0.05) is 25.6 Å². The number of hydrogen-bond acceptors (Lipinski definition) is 2. The van der Waals surface area contributed by atoms with Gasteiger partial charge in [-0.1, -0.05) is 18.2 Å². The van der Waals surface area contributed by atoms with Crippen LogP contribution >= 0.6 is 0 Å². The average Bonchev–Trinajstić information content (AvgIpc) is 2.75. The second-order valence-corrected chi connectivity index (χ2v) is 4.26. The van der Waals surface area contributed by atoms with Crippen LogP contribution in [0.3, 0.4) is 0 Å². The summed E-state index contributed by atoms with van der Waals surface area (Å²) >= 11 is 0. The third-order valence-electron chi connectivity index (χ3n) is 2.91. The second-order valence-electron chi connectivity index (χ2n) is 4.26. The first-order valence-electron chi connectivity index (χ1n) is 5.93. The van der Waals surface area contributed by atoms with Crippen LogP contribution in [0.4, 0.5) is 0 Å². The van der Waals surface area contributed by atoms with Gasteiger partial charge >= 0.3 is 5.97 Å². The Kier molecular flexibility index (Phi) is 5.46. The summed E-state index contributed by atoms with van der Waals surface area (Å²) in [5.41, 5.74) is 0. The van der Waals surface area contributed by atoms with Crippen molar-refractivity contribution in [3.8, 4) is 0 Å². The molecular formula is C13H19NO3. The highest BCUT2D eigenvalue weighted by atomic mass is 16.4. The fourth-order valence-corrected chi connectivity index (χ4v) is 1.95. The molecule has 94 valence electrons. The highest BCUT2D eigenvalue weighted by molar-refractivity contribution is 5.88. The lowest BCUT2D eigenvalue weighted by Crippen LogP contribution is -2.26. The molecule has 4 nitrogen and oxygen atoms in total. The van der Waals surface area contributed by atoms with Crippen LogP contribution in [0.2, 0.25) is 0 Å². The molecule has 0 aromatic carbocycles. The van der Waals surface area contributed by atoms with Crippen molar-refractivity contribution >= 4 is 11.9 Å². The van der Waals surface area contributed by atoms with Gasteiger partial charge in [0.25, 0.3) is 0 Å². The van der Waals surface area contributed by atoms with E-state index in [1.54, 1.807) is 17.1 Å². The van der Waals surface area contributed by atoms with Gasteiger partial charge in [0.15, 0.2) is 0 Å². The van der Waals surface area contributed by atoms with Crippen molar-refractivity contribution in [1.82, 2.24) is 4.90 Å². The summed E-state index contributed by atoms with van der Waals surface area (Å²) in [5.74, 6) is -0.408. The summed E-state index contributed by atoms with van der Waals surface area (Å²) in [6, 6.07) is 0. The number of hydrogen-bond donors (Lipinski definition) is 1. The van der Waals surface area contributed by atoms with Crippen molar-refractivity contribution < 1.29 is 14.7 Å². The van der Waals surface area contributed by atoms with Crippen molar-refractivity contribution in [1.29, 1.82) is 0 Å². The van der Waals surface area contributed by atoms with Crippen molar-refractivity contribution in [3.05, 3.63) is 24.3 Å². The lowest BCUT2D eigenvalue weighted by atomic mass is 10.0. The number of carboxylic acid groups (broad SMARTS) is 1. The topological polar surface area (TPSA) is 57.6 Å². The largest absolute Gasteiger partial charge is 0.481 e. The van der Waals surface area contributed by atoms with E-state index in [-0.39, 0.29) is 12.3 Å². The fourth-order valence-electron chi connectivity index (χ4n) is 1.95. The SMILES string of the molecule is C/C=C/C=CC(=O)N1CCC(CCC(=O)O)C1. The maximum absolute atomic E-state index is 11.7. The van der Waals surface area contributed by atoms with E-state index < -0.39 is 5.97 Å². The molecule has 1 aliphatic rings. The molecule has 0 saturated carbocycles. The quantitative estimate of drug-likeness (QED) is 0.586. The van der Waals surface area contributed by atoms with E-state index in [1.807, 2.05) is 19.1 Å². The predicted octanol–water partition coefficient (Wildman–Crippen LogP) is 1.83. The third kappa shape index (κ3) is 4.85. The Bertz CT molecular complexity index is 334. The van der Waals surface area contributed by atoms with Crippen LogP contribution in [0, 0.1) is 5.92 Å². The number of amides is 1. The van der Waals surface area contributed by atoms with Crippen molar-refractivity contribution in [2.75, 3.05) is 13.1 Å². The zero-order valence-corrected chi connectivity index (χ0v) is 10.1. The molecule has 0 radical (unpaired) electrons. The van der Waals surface area contributed by atoms with Crippen LogP contribution in [-0.2, 0) is 9.59 Å². The number of carbonyl (C=O) groups excluding carboxylic acids is 1. The van der Waals surface area contributed by atoms with Gasteiger partial charge in [-0.25, -0.2) is 0 Å². The molecule has 17 heavy (non-hydrogen) atoms. The van der Waals surface area contributed by atoms with E-state index in [0.29, 0.717) is 18.9 Å². The minimum atomic E-state index is -0.761. The molecule has 1 saturated heterocycles. The van der Waals surface area contributed by atoms with Crippen LogP contribution in [-0.4, -0.2) is 35.0 Å².